The fourth-order valence-electron chi connectivity index (χ4n) is 4.21. The summed E-state index contributed by atoms with van der Waals surface area (Å²) in [6.07, 6.45) is 2.17. The Balaban J connectivity index is 1.53. The van der Waals surface area contributed by atoms with Crippen LogP contribution >= 0.6 is 0 Å². The van der Waals surface area contributed by atoms with Gasteiger partial charge in [0, 0.05) is 26.2 Å². The number of para-hydroxylation sites is 2. The SMILES string of the molecule is CCOc1ccccc1NC(=O)CNc1cc(S(=O)(=O)N2CCOCC2)ccc1N1CCCC1. The zero-order chi connectivity index (χ0) is 24.0. The minimum absolute atomic E-state index is 0.0116. The summed E-state index contributed by atoms with van der Waals surface area (Å²) in [5.74, 6) is 0.357. The van der Waals surface area contributed by atoms with Crippen LogP contribution in [0.5, 0.6) is 5.75 Å². The summed E-state index contributed by atoms with van der Waals surface area (Å²) < 4.78 is 38.7. The Morgan fingerprint density at radius 1 is 1.03 bits per heavy atom. The van der Waals surface area contributed by atoms with Gasteiger partial charge in [-0.05, 0) is 50.1 Å². The molecule has 0 atom stereocenters. The van der Waals surface area contributed by atoms with Crippen molar-refractivity contribution in [3.63, 3.8) is 0 Å². The normalized spacial score (nSPS) is 16.9. The number of carbonyl (C=O) groups excluding carboxylic acids is 1. The van der Waals surface area contributed by atoms with Crippen LogP contribution in [0.15, 0.2) is 47.4 Å². The number of hydrogen-bond acceptors (Lipinski definition) is 7. The molecule has 0 aliphatic carbocycles. The molecular weight excluding hydrogens is 456 g/mol. The van der Waals surface area contributed by atoms with Gasteiger partial charge < -0.3 is 25.0 Å². The van der Waals surface area contributed by atoms with Gasteiger partial charge in [-0.3, -0.25) is 4.79 Å². The van der Waals surface area contributed by atoms with Gasteiger partial charge in [-0.25, -0.2) is 8.42 Å². The molecule has 2 aliphatic rings. The number of rotatable bonds is 9. The maximum absolute atomic E-state index is 13.2. The molecule has 10 heteroatoms. The largest absolute Gasteiger partial charge is 0.492 e. The van der Waals surface area contributed by atoms with E-state index in [-0.39, 0.29) is 17.3 Å². The van der Waals surface area contributed by atoms with Gasteiger partial charge in [0.1, 0.15) is 5.75 Å². The van der Waals surface area contributed by atoms with Crippen molar-refractivity contribution >= 4 is 33.0 Å². The first-order valence-corrected chi connectivity index (χ1v) is 13.2. The van der Waals surface area contributed by atoms with Crippen LogP contribution < -0.4 is 20.3 Å². The molecule has 0 aromatic heterocycles. The second-order valence-electron chi connectivity index (χ2n) is 8.22. The van der Waals surface area contributed by atoms with Gasteiger partial charge in [0.05, 0.1) is 48.3 Å². The smallest absolute Gasteiger partial charge is 0.243 e. The third-order valence-electron chi connectivity index (χ3n) is 5.92. The van der Waals surface area contributed by atoms with E-state index >= 15 is 0 Å². The molecule has 9 nitrogen and oxygen atoms in total. The summed E-state index contributed by atoms with van der Waals surface area (Å²) in [4.78, 5) is 15.1. The van der Waals surface area contributed by atoms with E-state index in [0.29, 0.717) is 50.0 Å². The number of carbonyl (C=O) groups is 1. The first-order chi connectivity index (χ1) is 16.5. The topological polar surface area (TPSA) is 100 Å². The summed E-state index contributed by atoms with van der Waals surface area (Å²) in [6.45, 7) is 5.62. The number of nitrogens with one attached hydrogen (secondary N) is 2. The predicted octanol–water partition coefficient (Wildman–Crippen LogP) is 2.76. The van der Waals surface area contributed by atoms with Crippen LogP contribution in [0.2, 0.25) is 0 Å². The maximum atomic E-state index is 13.2. The predicted molar refractivity (Wildman–Crippen MR) is 132 cm³/mol. The molecule has 184 valence electrons. The fraction of sp³-hybridized carbons (Fsp3) is 0.458. The van der Waals surface area contributed by atoms with Crippen LogP contribution in [-0.4, -0.2) is 71.2 Å². The minimum atomic E-state index is -3.65. The first kappa shape index (κ1) is 24.3. The molecule has 2 fully saturated rings. The summed E-state index contributed by atoms with van der Waals surface area (Å²) >= 11 is 0. The van der Waals surface area contributed by atoms with Crippen molar-refractivity contribution in [2.45, 2.75) is 24.7 Å². The number of morpholine rings is 1. The number of benzene rings is 2. The van der Waals surface area contributed by atoms with Crippen LogP contribution in [-0.2, 0) is 19.6 Å². The Labute approximate surface area is 201 Å². The van der Waals surface area contributed by atoms with Crippen molar-refractivity contribution in [3.05, 3.63) is 42.5 Å². The number of anilines is 3. The van der Waals surface area contributed by atoms with Crippen molar-refractivity contribution in [1.82, 2.24) is 4.31 Å². The molecule has 0 radical (unpaired) electrons. The van der Waals surface area contributed by atoms with E-state index in [9.17, 15) is 13.2 Å². The van der Waals surface area contributed by atoms with Gasteiger partial charge in [-0.1, -0.05) is 12.1 Å². The van der Waals surface area contributed by atoms with Crippen molar-refractivity contribution < 1.29 is 22.7 Å². The molecule has 2 saturated heterocycles. The molecule has 1 amide bonds. The quantitative estimate of drug-likeness (QED) is 0.560. The highest BCUT2D eigenvalue weighted by Crippen LogP contribution is 2.32. The van der Waals surface area contributed by atoms with Crippen molar-refractivity contribution in [3.8, 4) is 5.75 Å². The van der Waals surface area contributed by atoms with Gasteiger partial charge in [0.2, 0.25) is 15.9 Å². The molecule has 0 saturated carbocycles. The van der Waals surface area contributed by atoms with Gasteiger partial charge >= 0.3 is 0 Å². The molecule has 34 heavy (non-hydrogen) atoms. The number of ether oxygens (including phenoxy) is 2. The van der Waals surface area contributed by atoms with Crippen LogP contribution in [0.1, 0.15) is 19.8 Å². The average Bonchev–Trinajstić information content (AvgIpc) is 3.39. The lowest BCUT2D eigenvalue weighted by molar-refractivity contribution is -0.114. The van der Waals surface area contributed by atoms with E-state index in [1.807, 2.05) is 25.1 Å². The highest BCUT2D eigenvalue weighted by molar-refractivity contribution is 7.89. The van der Waals surface area contributed by atoms with Crippen molar-refractivity contribution in [2.24, 2.45) is 0 Å². The number of sulfonamides is 1. The zero-order valence-corrected chi connectivity index (χ0v) is 20.3. The third-order valence-corrected chi connectivity index (χ3v) is 7.82. The third kappa shape index (κ3) is 5.63. The van der Waals surface area contributed by atoms with Gasteiger partial charge in [-0.15, -0.1) is 0 Å². The molecule has 2 aliphatic heterocycles. The Bertz CT molecular complexity index is 1100. The van der Waals surface area contributed by atoms with E-state index < -0.39 is 10.0 Å². The van der Waals surface area contributed by atoms with Crippen LogP contribution in [0.4, 0.5) is 17.1 Å². The Hall–Kier alpha value is -2.82. The second kappa shape index (κ2) is 11.1. The molecule has 4 rings (SSSR count). The summed E-state index contributed by atoms with van der Waals surface area (Å²) in [5, 5.41) is 6.05. The summed E-state index contributed by atoms with van der Waals surface area (Å²) in [6, 6.07) is 12.4. The van der Waals surface area contributed by atoms with E-state index in [2.05, 4.69) is 15.5 Å². The lowest BCUT2D eigenvalue weighted by Crippen LogP contribution is -2.40. The molecule has 0 spiro atoms. The summed E-state index contributed by atoms with van der Waals surface area (Å²) in [5.41, 5.74) is 2.13. The van der Waals surface area contributed by atoms with Crippen LogP contribution in [0, 0.1) is 0 Å². The number of nitrogens with zero attached hydrogens (tertiary/aromatic N) is 2. The average molecular weight is 489 g/mol. The van der Waals surface area contributed by atoms with Gasteiger partial charge in [0.25, 0.3) is 0 Å². The van der Waals surface area contributed by atoms with Gasteiger partial charge in [0.15, 0.2) is 0 Å². The number of amides is 1. The molecular formula is C24H32N4O5S. The fourth-order valence-corrected chi connectivity index (χ4v) is 5.64. The maximum Gasteiger partial charge on any atom is 0.243 e. The van der Waals surface area contributed by atoms with Gasteiger partial charge in [-0.2, -0.15) is 4.31 Å². The number of hydrogen-bond donors (Lipinski definition) is 2. The lowest BCUT2D eigenvalue weighted by atomic mass is 10.2. The molecule has 2 N–H and O–H groups in total. The molecule has 0 unspecified atom stereocenters. The Morgan fingerprint density at radius 2 is 1.76 bits per heavy atom. The Kier molecular flexibility index (Phi) is 7.91. The molecule has 0 bridgehead atoms. The molecule has 2 heterocycles. The van der Waals surface area contributed by atoms with E-state index in [1.54, 1.807) is 24.3 Å². The van der Waals surface area contributed by atoms with Crippen molar-refractivity contribution in [2.75, 3.05) is 68.1 Å². The highest BCUT2D eigenvalue weighted by Gasteiger charge is 2.28. The standard InChI is InChI=1S/C24H32N4O5S/c1-2-33-23-8-4-3-7-20(23)26-24(29)18-25-21-17-19(9-10-22(21)27-11-5-6-12-27)34(30,31)28-13-15-32-16-14-28/h3-4,7-10,17,25H,2,5-6,11-16,18H2,1H3,(H,26,29). The van der Waals surface area contributed by atoms with Crippen molar-refractivity contribution in [1.29, 1.82) is 0 Å². The highest BCUT2D eigenvalue weighted by atomic mass is 32.2. The Morgan fingerprint density at radius 3 is 2.50 bits per heavy atom. The first-order valence-electron chi connectivity index (χ1n) is 11.7. The summed E-state index contributed by atoms with van der Waals surface area (Å²) in [7, 11) is -3.65. The minimum Gasteiger partial charge on any atom is -0.492 e. The van der Waals surface area contributed by atoms with E-state index in [0.717, 1.165) is 31.6 Å². The second-order valence-corrected chi connectivity index (χ2v) is 10.2. The zero-order valence-electron chi connectivity index (χ0n) is 19.5. The van der Waals surface area contributed by atoms with E-state index in [4.69, 9.17) is 9.47 Å². The van der Waals surface area contributed by atoms with Crippen LogP contribution in [0.25, 0.3) is 0 Å². The van der Waals surface area contributed by atoms with E-state index in [1.165, 1.54) is 4.31 Å². The lowest BCUT2D eigenvalue weighted by Gasteiger charge is -2.27. The van der Waals surface area contributed by atoms with Crippen LogP contribution in [0.3, 0.4) is 0 Å². The monoisotopic (exact) mass is 488 g/mol. The molecule has 2 aromatic rings. The molecule has 2 aromatic carbocycles.